The molecule has 1 atom stereocenters. The fourth-order valence-corrected chi connectivity index (χ4v) is 3.69. The van der Waals surface area contributed by atoms with Gasteiger partial charge in [-0.15, -0.1) is 0 Å². The minimum atomic E-state index is -1.08. The van der Waals surface area contributed by atoms with Crippen LogP contribution in [0.5, 0.6) is 17.4 Å². The number of H-pyrrole nitrogens is 1. The lowest BCUT2D eigenvalue weighted by Crippen LogP contribution is -2.22. The second kappa shape index (κ2) is 9.68. The molecule has 33 heavy (non-hydrogen) atoms. The predicted octanol–water partition coefficient (Wildman–Crippen LogP) is 6.53. The Balaban J connectivity index is 1.73. The van der Waals surface area contributed by atoms with Crippen LogP contribution >= 0.6 is 23.2 Å². The molecule has 0 bridgehead atoms. The Hall–Kier alpha value is -3.29. The average molecular weight is 486 g/mol. The summed E-state index contributed by atoms with van der Waals surface area (Å²) in [5.74, 6) is 0.293. The van der Waals surface area contributed by atoms with Crippen LogP contribution in [0, 0.1) is 0 Å². The quantitative estimate of drug-likeness (QED) is 0.294. The van der Waals surface area contributed by atoms with E-state index in [1.165, 1.54) is 6.92 Å². The fraction of sp³-hybridized carbons (Fsp3) is 0.208. The Morgan fingerprint density at radius 2 is 1.91 bits per heavy atom. The van der Waals surface area contributed by atoms with E-state index >= 15 is 0 Å². The Labute approximate surface area is 200 Å². The van der Waals surface area contributed by atoms with Crippen molar-refractivity contribution >= 4 is 40.1 Å². The number of carboxylic acid groups (broad SMARTS) is 1. The molecule has 4 rings (SSSR count). The molecule has 9 heteroatoms. The fourth-order valence-electron chi connectivity index (χ4n) is 3.36. The third kappa shape index (κ3) is 5.05. The van der Waals surface area contributed by atoms with E-state index in [9.17, 15) is 4.79 Å². The molecule has 7 nitrogen and oxygen atoms in total. The van der Waals surface area contributed by atoms with Crippen molar-refractivity contribution in [3.05, 3.63) is 64.3 Å². The maximum Gasteiger partial charge on any atom is 0.344 e. The van der Waals surface area contributed by atoms with Crippen molar-refractivity contribution in [1.29, 1.82) is 0 Å². The number of nitrogens with one attached hydrogen (secondary N) is 1. The van der Waals surface area contributed by atoms with Crippen LogP contribution in [0.2, 0.25) is 10.0 Å². The first kappa shape index (κ1) is 22.9. The Kier molecular flexibility index (Phi) is 6.72. The number of aryl methyl sites for hydroxylation is 1. The van der Waals surface area contributed by atoms with Crippen LogP contribution in [-0.4, -0.2) is 32.4 Å². The Bertz CT molecular complexity index is 1310. The molecule has 0 aliphatic heterocycles. The summed E-state index contributed by atoms with van der Waals surface area (Å²) in [5.41, 5.74) is 3.04. The number of carboxylic acids is 1. The number of ether oxygens (including phenoxy) is 2. The summed E-state index contributed by atoms with van der Waals surface area (Å²) in [4.78, 5) is 15.9. The smallest absolute Gasteiger partial charge is 0.344 e. The number of hydrogen-bond donors (Lipinski definition) is 2. The molecule has 0 saturated carbocycles. The van der Waals surface area contributed by atoms with Gasteiger partial charge in [-0.25, -0.2) is 9.78 Å². The number of nitrogens with zero attached hydrogens (tertiary/aromatic N) is 2. The van der Waals surface area contributed by atoms with E-state index in [2.05, 4.69) is 17.1 Å². The number of aromatic amines is 1. The van der Waals surface area contributed by atoms with Crippen molar-refractivity contribution in [1.82, 2.24) is 15.2 Å². The van der Waals surface area contributed by atoms with E-state index in [1.807, 2.05) is 6.07 Å². The first-order valence-corrected chi connectivity index (χ1v) is 11.1. The summed E-state index contributed by atoms with van der Waals surface area (Å²) in [6.45, 7) is 3.52. The number of pyridine rings is 1. The minimum absolute atomic E-state index is 0.273. The zero-order valence-electron chi connectivity index (χ0n) is 17.9. The molecule has 0 fully saturated rings. The number of carbonyl (C=O) groups is 1. The lowest BCUT2D eigenvalue weighted by molar-refractivity contribution is -0.144. The number of benzene rings is 2. The van der Waals surface area contributed by atoms with Crippen LogP contribution in [-0.2, 0) is 11.2 Å². The maximum absolute atomic E-state index is 11.2. The average Bonchev–Trinajstić information content (AvgIpc) is 3.18. The molecule has 2 N–H and O–H groups in total. The first-order chi connectivity index (χ1) is 15.9. The van der Waals surface area contributed by atoms with Gasteiger partial charge in [0.05, 0.1) is 16.2 Å². The molecule has 0 amide bonds. The van der Waals surface area contributed by atoms with Crippen LogP contribution in [0.15, 0.2) is 48.5 Å². The van der Waals surface area contributed by atoms with E-state index in [-0.39, 0.29) is 5.75 Å². The SMILES string of the molecule is CCCc1nc(Oc2ccc(Cl)cc2)ccc1-c1n[nH]c2cc(Cl)c(OC(C)C(=O)O)cc12. The molecule has 1 unspecified atom stereocenters. The molecule has 170 valence electrons. The third-order valence-corrected chi connectivity index (χ3v) is 5.54. The van der Waals surface area contributed by atoms with Gasteiger partial charge in [0.2, 0.25) is 5.88 Å². The zero-order chi connectivity index (χ0) is 23.5. The molecule has 4 aromatic rings. The highest BCUT2D eigenvalue weighted by Gasteiger charge is 2.19. The standard InChI is InChI=1S/C24H21Cl2N3O4/c1-3-4-19-16(9-10-22(27-19)33-15-7-5-14(25)6-8-15)23-17-11-21(32-13(2)24(30)31)18(26)12-20(17)28-29-23/h5-13H,3-4H2,1-2H3,(H,28,29)(H,30,31). The maximum atomic E-state index is 11.2. The lowest BCUT2D eigenvalue weighted by atomic mass is 10.0. The van der Waals surface area contributed by atoms with Crippen molar-refractivity contribution in [3.8, 4) is 28.6 Å². The highest BCUT2D eigenvalue weighted by Crippen LogP contribution is 2.36. The summed E-state index contributed by atoms with van der Waals surface area (Å²) >= 11 is 12.2. The van der Waals surface area contributed by atoms with E-state index in [1.54, 1.807) is 42.5 Å². The number of fused-ring (bicyclic) bond motifs is 1. The molecular formula is C24H21Cl2N3O4. The van der Waals surface area contributed by atoms with Gasteiger partial charge in [-0.3, -0.25) is 5.10 Å². The zero-order valence-corrected chi connectivity index (χ0v) is 19.4. The second-order valence-electron chi connectivity index (χ2n) is 7.45. The van der Waals surface area contributed by atoms with Crippen LogP contribution in [0.3, 0.4) is 0 Å². The summed E-state index contributed by atoms with van der Waals surface area (Å²) in [5, 5.41) is 18.3. The van der Waals surface area contributed by atoms with Crippen LogP contribution < -0.4 is 9.47 Å². The summed E-state index contributed by atoms with van der Waals surface area (Å²) in [6.07, 6.45) is 0.550. The third-order valence-electron chi connectivity index (χ3n) is 4.99. The van der Waals surface area contributed by atoms with Gasteiger partial charge in [-0.05, 0) is 55.8 Å². The van der Waals surface area contributed by atoms with Gasteiger partial charge < -0.3 is 14.6 Å². The normalized spacial score (nSPS) is 12.0. The largest absolute Gasteiger partial charge is 0.479 e. The van der Waals surface area contributed by atoms with Crippen molar-refractivity contribution in [2.24, 2.45) is 0 Å². The van der Waals surface area contributed by atoms with Crippen molar-refractivity contribution in [2.45, 2.75) is 32.8 Å². The lowest BCUT2D eigenvalue weighted by Gasteiger charge is -2.13. The van der Waals surface area contributed by atoms with Crippen LogP contribution in [0.4, 0.5) is 0 Å². The van der Waals surface area contributed by atoms with Gasteiger partial charge in [-0.1, -0.05) is 36.5 Å². The highest BCUT2D eigenvalue weighted by atomic mass is 35.5. The number of halogens is 2. The molecule has 0 aliphatic rings. The highest BCUT2D eigenvalue weighted by molar-refractivity contribution is 6.33. The Morgan fingerprint density at radius 1 is 1.15 bits per heavy atom. The second-order valence-corrected chi connectivity index (χ2v) is 8.29. The van der Waals surface area contributed by atoms with E-state index in [0.717, 1.165) is 23.1 Å². The summed E-state index contributed by atoms with van der Waals surface area (Å²) < 4.78 is 11.4. The van der Waals surface area contributed by atoms with Crippen molar-refractivity contribution in [2.75, 3.05) is 0 Å². The molecule has 0 saturated heterocycles. The van der Waals surface area contributed by atoms with Gasteiger partial charge in [0.15, 0.2) is 6.10 Å². The van der Waals surface area contributed by atoms with E-state index < -0.39 is 12.1 Å². The van der Waals surface area contributed by atoms with Gasteiger partial charge >= 0.3 is 5.97 Å². The number of aliphatic carboxylic acids is 1. The van der Waals surface area contributed by atoms with E-state index in [0.29, 0.717) is 39.3 Å². The van der Waals surface area contributed by atoms with Gasteiger partial charge in [0.25, 0.3) is 0 Å². The monoisotopic (exact) mass is 485 g/mol. The van der Waals surface area contributed by atoms with Crippen molar-refractivity contribution in [3.63, 3.8) is 0 Å². The molecule has 0 spiro atoms. The molecule has 2 heterocycles. The molecule has 0 radical (unpaired) electrons. The van der Waals surface area contributed by atoms with Crippen LogP contribution in [0.1, 0.15) is 26.0 Å². The molecule has 0 aliphatic carbocycles. The first-order valence-electron chi connectivity index (χ1n) is 10.4. The van der Waals surface area contributed by atoms with E-state index in [4.69, 9.17) is 42.8 Å². The van der Waals surface area contributed by atoms with Crippen LogP contribution in [0.25, 0.3) is 22.2 Å². The predicted molar refractivity (Wildman–Crippen MR) is 128 cm³/mol. The van der Waals surface area contributed by atoms with Gasteiger partial charge in [-0.2, -0.15) is 5.10 Å². The Morgan fingerprint density at radius 3 is 2.61 bits per heavy atom. The van der Waals surface area contributed by atoms with Gasteiger partial charge in [0, 0.05) is 22.0 Å². The number of aromatic nitrogens is 3. The minimum Gasteiger partial charge on any atom is -0.479 e. The number of rotatable bonds is 8. The molecular weight excluding hydrogens is 465 g/mol. The number of hydrogen-bond acceptors (Lipinski definition) is 5. The summed E-state index contributed by atoms with van der Waals surface area (Å²) in [6, 6.07) is 14.1. The topological polar surface area (TPSA) is 97.3 Å². The summed E-state index contributed by atoms with van der Waals surface area (Å²) in [7, 11) is 0. The molecule has 2 aromatic carbocycles. The molecule has 2 aromatic heterocycles. The van der Waals surface area contributed by atoms with Gasteiger partial charge in [0.1, 0.15) is 17.2 Å². The van der Waals surface area contributed by atoms with Crippen molar-refractivity contribution < 1.29 is 19.4 Å².